The summed E-state index contributed by atoms with van der Waals surface area (Å²) in [5.41, 5.74) is 0. The Balaban J connectivity index is 2.03. The first-order valence-electron chi connectivity index (χ1n) is 7.16. The molecule has 0 aromatic heterocycles. The molecule has 0 spiro atoms. The van der Waals surface area contributed by atoms with Crippen LogP contribution in [0.25, 0.3) is 0 Å². The van der Waals surface area contributed by atoms with Gasteiger partial charge in [-0.25, -0.2) is 0 Å². The standard InChI is InChI=1S/C14H29NO/c1-3-6-13-8-11-15(12-9-13)10-5-7-14(16)4-2/h13-14,16H,3-12H2,1-2H3. The Morgan fingerprint density at radius 3 is 2.50 bits per heavy atom. The molecule has 1 unspecified atom stereocenters. The van der Waals surface area contributed by atoms with Gasteiger partial charge in [-0.1, -0.05) is 26.7 Å². The Morgan fingerprint density at radius 1 is 1.25 bits per heavy atom. The second-order valence-corrected chi connectivity index (χ2v) is 5.28. The van der Waals surface area contributed by atoms with Crippen molar-refractivity contribution in [2.24, 2.45) is 5.92 Å². The zero-order chi connectivity index (χ0) is 11.8. The van der Waals surface area contributed by atoms with Crippen molar-refractivity contribution in [2.75, 3.05) is 19.6 Å². The third-order valence-corrected chi connectivity index (χ3v) is 3.89. The molecule has 1 aliphatic heterocycles. The maximum absolute atomic E-state index is 9.48. The van der Waals surface area contributed by atoms with Crippen LogP contribution in [-0.4, -0.2) is 35.7 Å². The fourth-order valence-electron chi connectivity index (χ4n) is 2.66. The molecule has 1 fully saturated rings. The topological polar surface area (TPSA) is 23.5 Å². The Kier molecular flexibility index (Phi) is 7.06. The van der Waals surface area contributed by atoms with Gasteiger partial charge in [-0.05, 0) is 57.7 Å². The average molecular weight is 227 g/mol. The molecule has 1 aliphatic rings. The van der Waals surface area contributed by atoms with Crippen LogP contribution < -0.4 is 0 Å². The van der Waals surface area contributed by atoms with Gasteiger partial charge in [-0.2, -0.15) is 0 Å². The molecule has 1 heterocycles. The second-order valence-electron chi connectivity index (χ2n) is 5.28. The van der Waals surface area contributed by atoms with Crippen molar-refractivity contribution >= 4 is 0 Å². The van der Waals surface area contributed by atoms with Crippen LogP contribution >= 0.6 is 0 Å². The summed E-state index contributed by atoms with van der Waals surface area (Å²) in [5, 5.41) is 9.48. The first kappa shape index (κ1) is 14.0. The van der Waals surface area contributed by atoms with Crippen molar-refractivity contribution in [3.8, 4) is 0 Å². The lowest BCUT2D eigenvalue weighted by atomic mass is 9.92. The van der Waals surface area contributed by atoms with Crippen molar-refractivity contribution in [1.29, 1.82) is 0 Å². The molecule has 1 rings (SSSR count). The lowest BCUT2D eigenvalue weighted by Crippen LogP contribution is -2.34. The molecule has 0 aromatic rings. The van der Waals surface area contributed by atoms with Gasteiger partial charge < -0.3 is 10.0 Å². The van der Waals surface area contributed by atoms with Crippen molar-refractivity contribution in [3.05, 3.63) is 0 Å². The number of aliphatic hydroxyl groups excluding tert-OH is 1. The summed E-state index contributed by atoms with van der Waals surface area (Å²) in [5.74, 6) is 0.988. The van der Waals surface area contributed by atoms with E-state index in [9.17, 15) is 5.11 Å². The van der Waals surface area contributed by atoms with Crippen molar-refractivity contribution in [2.45, 2.75) is 64.9 Å². The van der Waals surface area contributed by atoms with Crippen LogP contribution in [0.15, 0.2) is 0 Å². The molecule has 0 amide bonds. The molecule has 0 aliphatic carbocycles. The molecule has 96 valence electrons. The summed E-state index contributed by atoms with van der Waals surface area (Å²) in [6.07, 6.45) is 8.51. The lowest BCUT2D eigenvalue weighted by Gasteiger charge is -2.32. The van der Waals surface area contributed by atoms with Gasteiger partial charge in [-0.3, -0.25) is 0 Å². The third kappa shape index (κ3) is 5.31. The number of hydrogen-bond acceptors (Lipinski definition) is 2. The molecule has 2 nitrogen and oxygen atoms in total. The zero-order valence-corrected chi connectivity index (χ0v) is 11.1. The highest BCUT2D eigenvalue weighted by Gasteiger charge is 2.17. The van der Waals surface area contributed by atoms with Crippen LogP contribution in [0.2, 0.25) is 0 Å². The minimum atomic E-state index is -0.0716. The van der Waals surface area contributed by atoms with E-state index >= 15 is 0 Å². The van der Waals surface area contributed by atoms with E-state index in [4.69, 9.17) is 0 Å². The molecule has 1 saturated heterocycles. The highest BCUT2D eigenvalue weighted by Crippen LogP contribution is 2.21. The highest BCUT2D eigenvalue weighted by atomic mass is 16.3. The molecule has 0 bridgehead atoms. The maximum atomic E-state index is 9.48. The minimum Gasteiger partial charge on any atom is -0.393 e. The van der Waals surface area contributed by atoms with E-state index in [0.717, 1.165) is 25.2 Å². The molecule has 2 heteroatoms. The maximum Gasteiger partial charge on any atom is 0.0538 e. The van der Waals surface area contributed by atoms with E-state index in [2.05, 4.69) is 18.7 Å². The van der Waals surface area contributed by atoms with E-state index in [1.807, 2.05) is 0 Å². The zero-order valence-electron chi connectivity index (χ0n) is 11.1. The Morgan fingerprint density at radius 2 is 1.94 bits per heavy atom. The van der Waals surface area contributed by atoms with Gasteiger partial charge in [0.1, 0.15) is 0 Å². The summed E-state index contributed by atoms with van der Waals surface area (Å²) in [7, 11) is 0. The number of aliphatic hydroxyl groups is 1. The van der Waals surface area contributed by atoms with Gasteiger partial charge in [0.25, 0.3) is 0 Å². The third-order valence-electron chi connectivity index (χ3n) is 3.89. The number of nitrogens with zero attached hydrogens (tertiary/aromatic N) is 1. The van der Waals surface area contributed by atoms with E-state index in [-0.39, 0.29) is 6.10 Å². The van der Waals surface area contributed by atoms with Crippen LogP contribution in [0, 0.1) is 5.92 Å². The Labute approximate surface area is 101 Å². The van der Waals surface area contributed by atoms with Gasteiger partial charge in [0.2, 0.25) is 0 Å². The van der Waals surface area contributed by atoms with Crippen molar-refractivity contribution < 1.29 is 5.11 Å². The van der Waals surface area contributed by atoms with Crippen LogP contribution in [0.4, 0.5) is 0 Å². The predicted molar refractivity (Wildman–Crippen MR) is 69.6 cm³/mol. The predicted octanol–water partition coefficient (Wildman–Crippen LogP) is 3.05. The quantitative estimate of drug-likeness (QED) is 0.722. The first-order chi connectivity index (χ1) is 7.76. The van der Waals surface area contributed by atoms with Crippen LogP contribution in [0.1, 0.15) is 58.8 Å². The molecule has 16 heavy (non-hydrogen) atoms. The first-order valence-corrected chi connectivity index (χ1v) is 7.16. The largest absolute Gasteiger partial charge is 0.393 e. The molecular formula is C14H29NO. The highest BCUT2D eigenvalue weighted by molar-refractivity contribution is 4.72. The van der Waals surface area contributed by atoms with E-state index in [1.165, 1.54) is 45.3 Å². The van der Waals surface area contributed by atoms with Gasteiger partial charge in [0.15, 0.2) is 0 Å². The van der Waals surface area contributed by atoms with Crippen LogP contribution in [0.3, 0.4) is 0 Å². The van der Waals surface area contributed by atoms with Crippen LogP contribution in [-0.2, 0) is 0 Å². The van der Waals surface area contributed by atoms with E-state index < -0.39 is 0 Å². The monoisotopic (exact) mass is 227 g/mol. The van der Waals surface area contributed by atoms with E-state index in [0.29, 0.717) is 0 Å². The van der Waals surface area contributed by atoms with Gasteiger partial charge in [0.05, 0.1) is 6.10 Å². The van der Waals surface area contributed by atoms with Gasteiger partial charge in [-0.15, -0.1) is 0 Å². The molecule has 0 radical (unpaired) electrons. The summed E-state index contributed by atoms with van der Waals surface area (Å²) in [6.45, 7) is 8.11. The summed E-state index contributed by atoms with van der Waals surface area (Å²) in [6, 6.07) is 0. The number of hydrogen-bond donors (Lipinski definition) is 1. The fraction of sp³-hybridized carbons (Fsp3) is 1.00. The molecule has 1 atom stereocenters. The lowest BCUT2D eigenvalue weighted by molar-refractivity contribution is 0.137. The smallest absolute Gasteiger partial charge is 0.0538 e. The molecule has 0 saturated carbocycles. The van der Waals surface area contributed by atoms with Crippen molar-refractivity contribution in [3.63, 3.8) is 0 Å². The molecule has 1 N–H and O–H groups in total. The second kappa shape index (κ2) is 8.08. The number of piperidine rings is 1. The van der Waals surface area contributed by atoms with E-state index in [1.54, 1.807) is 0 Å². The number of rotatable bonds is 7. The SMILES string of the molecule is CCCC1CCN(CCCC(O)CC)CC1. The summed E-state index contributed by atoms with van der Waals surface area (Å²) in [4.78, 5) is 2.58. The van der Waals surface area contributed by atoms with Gasteiger partial charge in [0, 0.05) is 0 Å². The van der Waals surface area contributed by atoms with Crippen LogP contribution in [0.5, 0.6) is 0 Å². The van der Waals surface area contributed by atoms with Gasteiger partial charge >= 0.3 is 0 Å². The summed E-state index contributed by atoms with van der Waals surface area (Å²) >= 11 is 0. The van der Waals surface area contributed by atoms with Crippen molar-refractivity contribution in [1.82, 2.24) is 4.90 Å². The molecule has 0 aromatic carbocycles. The molecular weight excluding hydrogens is 198 g/mol. The Hall–Kier alpha value is -0.0800. The fourth-order valence-corrected chi connectivity index (χ4v) is 2.66. The average Bonchev–Trinajstić information content (AvgIpc) is 2.31. The number of likely N-dealkylation sites (tertiary alicyclic amines) is 1. The minimum absolute atomic E-state index is 0.0716. The summed E-state index contributed by atoms with van der Waals surface area (Å²) < 4.78 is 0. The normalized spacial score (nSPS) is 21.2. The Bertz CT molecular complexity index is 164.